The summed E-state index contributed by atoms with van der Waals surface area (Å²) in [6.45, 7) is 9.25. The van der Waals surface area contributed by atoms with E-state index >= 15 is 0 Å². The second-order valence-corrected chi connectivity index (χ2v) is 12.1. The van der Waals surface area contributed by atoms with Crippen molar-refractivity contribution in [3.8, 4) is 6.07 Å². The maximum Gasteiger partial charge on any atom is 0.677 e. The van der Waals surface area contributed by atoms with Gasteiger partial charge in [-0.1, -0.05) is 68.3 Å². The number of nitriles is 1. The molecule has 0 saturated heterocycles. The van der Waals surface area contributed by atoms with Crippen LogP contribution in [0.25, 0.3) is 17.2 Å². The Hall–Kier alpha value is -5.49. The molecule has 0 fully saturated rings. The molecule has 49 heavy (non-hydrogen) atoms. The summed E-state index contributed by atoms with van der Waals surface area (Å²) < 4.78 is 30.6. The van der Waals surface area contributed by atoms with Gasteiger partial charge >= 0.3 is 13.4 Å². The molecule has 9 heteroatoms. The molecule has 0 radical (unpaired) electrons. The van der Waals surface area contributed by atoms with Crippen molar-refractivity contribution in [2.45, 2.75) is 60.3 Å². The van der Waals surface area contributed by atoms with Gasteiger partial charge in [-0.3, -0.25) is 13.6 Å². The number of hydrogen-bond acceptors (Lipinski definition) is 4. The smallest absolute Gasteiger partial charge is 0.477 e. The summed E-state index contributed by atoms with van der Waals surface area (Å²) >= 11 is 0. The number of unbranched alkanes of at least 4 members (excludes halogenated alkanes) is 2. The number of nitrogens with zero attached hydrogens (tertiary/aromatic N) is 4. The van der Waals surface area contributed by atoms with Gasteiger partial charge in [0.1, 0.15) is 11.6 Å². The molecule has 0 bridgehead atoms. The lowest BCUT2D eigenvalue weighted by Gasteiger charge is -2.25. The molecular weight excluding hydrogens is 617 g/mol. The fourth-order valence-electron chi connectivity index (χ4n) is 6.69. The number of carbonyl (C=O) groups is 1. The van der Waals surface area contributed by atoms with Gasteiger partial charge in [0.2, 0.25) is 0 Å². The van der Waals surface area contributed by atoms with E-state index in [2.05, 4.69) is 60.4 Å². The van der Waals surface area contributed by atoms with E-state index in [1.165, 1.54) is 13.0 Å². The van der Waals surface area contributed by atoms with Crippen molar-refractivity contribution in [3.63, 3.8) is 0 Å². The Morgan fingerprint density at radius 2 is 1.49 bits per heavy atom. The van der Waals surface area contributed by atoms with Crippen LogP contribution in [0.15, 0.2) is 107 Å². The number of para-hydroxylation sites is 2. The van der Waals surface area contributed by atoms with E-state index in [1.807, 2.05) is 50.2 Å². The summed E-state index contributed by atoms with van der Waals surface area (Å²) in [5.41, 5.74) is 8.78. The second-order valence-electron chi connectivity index (χ2n) is 12.1. The maximum absolute atomic E-state index is 14.8. The molecule has 3 aromatic carbocycles. The molecule has 5 rings (SSSR count). The van der Waals surface area contributed by atoms with Gasteiger partial charge in [-0.2, -0.15) is 5.26 Å². The van der Waals surface area contributed by atoms with Crippen LogP contribution in [0.2, 0.25) is 0 Å². The van der Waals surface area contributed by atoms with Gasteiger partial charge in [-0.05, 0) is 105 Å². The lowest BCUT2D eigenvalue weighted by molar-refractivity contribution is -0.132. The molecule has 0 saturated carbocycles. The monoisotopic (exact) mass is 656 g/mol. The third-order valence-corrected chi connectivity index (χ3v) is 9.00. The lowest BCUT2D eigenvalue weighted by Crippen LogP contribution is -2.18. The molecule has 0 spiro atoms. The van der Waals surface area contributed by atoms with Gasteiger partial charge in [0.15, 0.2) is 0 Å². The number of aliphatic imine (C=N–C) groups is 1. The van der Waals surface area contributed by atoms with Gasteiger partial charge in [0.25, 0.3) is 0 Å². The van der Waals surface area contributed by atoms with Crippen molar-refractivity contribution in [2.24, 2.45) is 4.99 Å². The standard InChI is InChI=1S/C40H39BF2N4O2/c1-6-7-10-19-35(39-26(2)36(24-31(25-44)40(48)49)29(5)47(39)41(42)43)38-27(3)37(28(4)45-38)30-20-22-34(23-21-30)46(32-15-11-8-12-16-32)33-17-13-9-14-18-33/h8-9,11-18,20-24H,6-7,10,19H2,1-5H3,(H,48,49)/b31-24+,38-35-. The molecular formula is C40H39BF2N4O2. The molecule has 1 aliphatic rings. The summed E-state index contributed by atoms with van der Waals surface area (Å²) in [6, 6.07) is 30.3. The number of aliphatic carboxylic acids is 1. The number of halogens is 2. The highest BCUT2D eigenvalue weighted by atomic mass is 19.2. The van der Waals surface area contributed by atoms with E-state index in [0.717, 1.165) is 63.2 Å². The maximum atomic E-state index is 14.8. The minimum absolute atomic E-state index is 0.197. The van der Waals surface area contributed by atoms with Gasteiger partial charge in [0.05, 0.1) is 5.70 Å². The molecule has 248 valence electrons. The fourth-order valence-corrected chi connectivity index (χ4v) is 6.69. The Labute approximate surface area is 287 Å². The number of benzene rings is 3. The van der Waals surface area contributed by atoms with E-state index < -0.39 is 18.9 Å². The third kappa shape index (κ3) is 7.05. The Bertz CT molecular complexity index is 1980. The molecule has 1 N–H and O–H groups in total. The highest BCUT2D eigenvalue weighted by molar-refractivity contribution is 6.41. The van der Waals surface area contributed by atoms with Crippen molar-refractivity contribution in [1.29, 1.82) is 5.26 Å². The van der Waals surface area contributed by atoms with Gasteiger partial charge in [-0.25, -0.2) is 4.79 Å². The summed E-state index contributed by atoms with van der Waals surface area (Å²) in [4.78, 5) is 18.9. The zero-order chi connectivity index (χ0) is 35.2. The van der Waals surface area contributed by atoms with Gasteiger partial charge < -0.3 is 14.5 Å². The summed E-state index contributed by atoms with van der Waals surface area (Å²) in [5.74, 6) is -1.41. The van der Waals surface area contributed by atoms with Crippen LogP contribution in [0.5, 0.6) is 0 Å². The zero-order valence-electron chi connectivity index (χ0n) is 28.5. The van der Waals surface area contributed by atoms with E-state index in [0.29, 0.717) is 34.5 Å². The Balaban J connectivity index is 1.66. The van der Waals surface area contributed by atoms with Crippen LogP contribution in [0, 0.1) is 25.2 Å². The first-order valence-electron chi connectivity index (χ1n) is 16.4. The number of anilines is 3. The van der Waals surface area contributed by atoms with Crippen LogP contribution in [0.4, 0.5) is 25.7 Å². The summed E-state index contributed by atoms with van der Waals surface area (Å²) in [7, 11) is -2.88. The first-order chi connectivity index (χ1) is 23.6. The van der Waals surface area contributed by atoms with Crippen molar-refractivity contribution >= 4 is 53.4 Å². The molecule has 0 amide bonds. The Morgan fingerprint density at radius 3 is 2.00 bits per heavy atom. The molecule has 2 heterocycles. The highest BCUT2D eigenvalue weighted by Gasteiger charge is 2.32. The zero-order valence-corrected chi connectivity index (χ0v) is 28.5. The molecule has 4 aromatic rings. The molecule has 6 nitrogen and oxygen atoms in total. The first kappa shape index (κ1) is 34.8. The molecule has 0 unspecified atom stereocenters. The van der Waals surface area contributed by atoms with E-state index in [4.69, 9.17) is 4.99 Å². The van der Waals surface area contributed by atoms with Crippen molar-refractivity contribution in [1.82, 2.24) is 4.48 Å². The predicted octanol–water partition coefficient (Wildman–Crippen LogP) is 10.6. The number of rotatable bonds is 12. The van der Waals surface area contributed by atoms with Crippen LogP contribution in [0.3, 0.4) is 0 Å². The van der Waals surface area contributed by atoms with Gasteiger partial charge in [-0.15, -0.1) is 0 Å². The van der Waals surface area contributed by atoms with E-state index in [9.17, 15) is 23.8 Å². The van der Waals surface area contributed by atoms with Crippen LogP contribution in [-0.2, 0) is 4.79 Å². The topological polar surface area (TPSA) is 81.6 Å². The molecule has 0 atom stereocenters. The fraction of sp³-hybridized carbons (Fsp3) is 0.225. The largest absolute Gasteiger partial charge is 0.677 e. The van der Waals surface area contributed by atoms with Crippen LogP contribution < -0.4 is 4.90 Å². The average Bonchev–Trinajstić information content (AvgIpc) is 3.53. The molecule has 1 aliphatic heterocycles. The van der Waals surface area contributed by atoms with Gasteiger partial charge in [0, 0.05) is 45.3 Å². The molecule has 0 aliphatic carbocycles. The third-order valence-electron chi connectivity index (χ3n) is 9.00. The average molecular weight is 657 g/mol. The molecule has 1 aromatic heterocycles. The number of carboxylic acid groups (broad SMARTS) is 1. The number of allylic oxidation sites excluding steroid dienone is 3. The van der Waals surface area contributed by atoms with Crippen LogP contribution in [0.1, 0.15) is 74.5 Å². The number of hydrogen-bond donors (Lipinski definition) is 1. The van der Waals surface area contributed by atoms with E-state index in [-0.39, 0.29) is 5.69 Å². The van der Waals surface area contributed by atoms with Crippen molar-refractivity contribution in [3.05, 3.63) is 130 Å². The SMILES string of the molecule is CCCCC/C(=C1/N=C(C)C(c2ccc(N(c3ccccc3)c3ccccc3)cc2)=C1C)c1c(C)c(/C=C(\C#N)C(=O)O)c(C)n1B(F)F. The van der Waals surface area contributed by atoms with Crippen LogP contribution >= 0.6 is 0 Å². The number of carboxylic acids is 1. The first-order valence-corrected chi connectivity index (χ1v) is 16.4. The lowest BCUT2D eigenvalue weighted by atomic mass is 9.92. The van der Waals surface area contributed by atoms with Crippen molar-refractivity contribution in [2.75, 3.05) is 4.90 Å². The summed E-state index contributed by atoms with van der Waals surface area (Å²) in [5, 5.41) is 18.9. The Kier molecular flexibility index (Phi) is 10.8. The number of aromatic nitrogens is 1. The minimum Gasteiger partial charge on any atom is -0.477 e. The quantitative estimate of drug-likeness (QED) is 0.0712. The second kappa shape index (κ2) is 15.2. The Morgan fingerprint density at radius 1 is 0.918 bits per heavy atom. The van der Waals surface area contributed by atoms with E-state index in [1.54, 1.807) is 13.0 Å². The van der Waals surface area contributed by atoms with Crippen LogP contribution in [-0.4, -0.2) is 28.7 Å². The predicted molar refractivity (Wildman–Crippen MR) is 196 cm³/mol. The minimum atomic E-state index is -2.88. The normalized spacial score (nSPS) is 14.1. The summed E-state index contributed by atoms with van der Waals surface area (Å²) in [6.07, 6.45) is 4.33. The highest BCUT2D eigenvalue weighted by Crippen LogP contribution is 2.42. The van der Waals surface area contributed by atoms with Crippen molar-refractivity contribution < 1.29 is 18.5 Å².